The topological polar surface area (TPSA) is 45.0 Å². The highest BCUT2D eigenvalue weighted by atomic mass is 79.9. The molecule has 0 amide bonds. The molecule has 0 aliphatic heterocycles. The second-order valence-electron chi connectivity index (χ2n) is 3.43. The number of rotatable bonds is 2. The van der Waals surface area contributed by atoms with Gasteiger partial charge in [0.1, 0.15) is 11.5 Å². The van der Waals surface area contributed by atoms with Crippen LogP contribution in [0.5, 0.6) is 5.75 Å². The highest BCUT2D eigenvalue weighted by Gasteiger charge is 2.06. The lowest BCUT2D eigenvalue weighted by molar-refractivity contribution is 0.473. The normalized spacial score (nSPS) is 11.1. The van der Waals surface area contributed by atoms with Crippen LogP contribution in [0.3, 0.4) is 0 Å². The summed E-state index contributed by atoms with van der Waals surface area (Å²) in [7, 11) is 0. The maximum Gasteiger partial charge on any atom is 0.157 e. The zero-order valence-electron chi connectivity index (χ0n) is 8.94. The number of phenolic OH excluding ortho intramolecular Hbond substituents is 1. The lowest BCUT2D eigenvalue weighted by Crippen LogP contribution is -1.73. The van der Waals surface area contributed by atoms with E-state index in [1.54, 1.807) is 12.1 Å². The van der Waals surface area contributed by atoms with Crippen molar-refractivity contribution in [2.24, 2.45) is 10.2 Å². The summed E-state index contributed by atoms with van der Waals surface area (Å²) >= 11 is 6.49. The average Bonchev–Trinajstić information content (AvgIpc) is 2.34. The standard InChI is InChI=1S/C12H7Br2FN2O/c13-7-5-10(14)12(18)11(6-7)17-16-9-3-1-8(15)2-4-9/h1-6,18H. The van der Waals surface area contributed by atoms with Gasteiger partial charge < -0.3 is 5.11 Å². The van der Waals surface area contributed by atoms with E-state index in [9.17, 15) is 9.50 Å². The van der Waals surface area contributed by atoms with Gasteiger partial charge in [0.25, 0.3) is 0 Å². The number of phenols is 1. The molecule has 0 aliphatic carbocycles. The van der Waals surface area contributed by atoms with E-state index in [1.807, 2.05) is 0 Å². The first kappa shape index (κ1) is 13.2. The van der Waals surface area contributed by atoms with Crippen molar-refractivity contribution in [3.8, 4) is 5.75 Å². The second-order valence-corrected chi connectivity index (χ2v) is 5.20. The number of aromatic hydroxyl groups is 1. The van der Waals surface area contributed by atoms with E-state index in [0.29, 0.717) is 15.8 Å². The molecule has 2 rings (SSSR count). The third-order valence-electron chi connectivity index (χ3n) is 2.11. The van der Waals surface area contributed by atoms with Crippen molar-refractivity contribution in [3.05, 3.63) is 51.2 Å². The predicted molar refractivity (Wildman–Crippen MR) is 74.1 cm³/mol. The predicted octanol–water partition coefficient (Wildman–Crippen LogP) is 5.47. The molecule has 0 aliphatic rings. The van der Waals surface area contributed by atoms with E-state index in [0.717, 1.165) is 4.47 Å². The summed E-state index contributed by atoms with van der Waals surface area (Å²) in [6.07, 6.45) is 0. The van der Waals surface area contributed by atoms with Crippen LogP contribution in [-0.4, -0.2) is 5.11 Å². The van der Waals surface area contributed by atoms with E-state index in [-0.39, 0.29) is 11.6 Å². The van der Waals surface area contributed by atoms with Crippen molar-refractivity contribution in [1.82, 2.24) is 0 Å². The molecule has 18 heavy (non-hydrogen) atoms. The number of nitrogens with zero attached hydrogens (tertiary/aromatic N) is 2. The Kier molecular flexibility index (Phi) is 4.08. The van der Waals surface area contributed by atoms with Gasteiger partial charge in [0.15, 0.2) is 5.75 Å². The highest BCUT2D eigenvalue weighted by molar-refractivity contribution is 9.11. The largest absolute Gasteiger partial charge is 0.505 e. The maximum atomic E-state index is 12.7. The average molecular weight is 374 g/mol. The van der Waals surface area contributed by atoms with Gasteiger partial charge >= 0.3 is 0 Å². The molecular weight excluding hydrogens is 367 g/mol. The zero-order valence-corrected chi connectivity index (χ0v) is 12.1. The van der Waals surface area contributed by atoms with Gasteiger partial charge in [-0.25, -0.2) is 4.39 Å². The van der Waals surface area contributed by atoms with E-state index in [2.05, 4.69) is 42.1 Å². The number of benzene rings is 2. The minimum atomic E-state index is -0.331. The molecule has 2 aromatic rings. The molecule has 6 heteroatoms. The summed E-state index contributed by atoms with van der Waals surface area (Å²) in [5.41, 5.74) is 0.826. The van der Waals surface area contributed by atoms with Crippen molar-refractivity contribution < 1.29 is 9.50 Å². The van der Waals surface area contributed by atoms with Crippen LogP contribution in [0.4, 0.5) is 15.8 Å². The molecule has 0 heterocycles. The van der Waals surface area contributed by atoms with Gasteiger partial charge in [0, 0.05) is 4.47 Å². The molecule has 0 radical (unpaired) electrons. The van der Waals surface area contributed by atoms with Gasteiger partial charge in [-0.3, -0.25) is 0 Å². The smallest absolute Gasteiger partial charge is 0.157 e. The Balaban J connectivity index is 2.31. The van der Waals surface area contributed by atoms with E-state index >= 15 is 0 Å². The molecule has 0 aromatic heterocycles. The Morgan fingerprint density at radius 3 is 2.33 bits per heavy atom. The summed E-state index contributed by atoms with van der Waals surface area (Å²) in [4.78, 5) is 0. The zero-order chi connectivity index (χ0) is 13.1. The fourth-order valence-corrected chi connectivity index (χ4v) is 2.45. The van der Waals surface area contributed by atoms with Crippen LogP contribution >= 0.6 is 31.9 Å². The van der Waals surface area contributed by atoms with Crippen molar-refractivity contribution in [2.75, 3.05) is 0 Å². The first-order valence-corrected chi connectivity index (χ1v) is 6.50. The Hall–Kier alpha value is -1.27. The van der Waals surface area contributed by atoms with E-state index in [4.69, 9.17) is 0 Å². The number of hydrogen-bond donors (Lipinski definition) is 1. The summed E-state index contributed by atoms with van der Waals surface area (Å²) in [6.45, 7) is 0. The molecule has 0 saturated carbocycles. The lowest BCUT2D eigenvalue weighted by atomic mass is 10.3. The molecule has 2 aromatic carbocycles. The second kappa shape index (κ2) is 5.58. The van der Waals surface area contributed by atoms with Crippen LogP contribution in [0.15, 0.2) is 55.6 Å². The molecule has 92 valence electrons. The minimum Gasteiger partial charge on any atom is -0.505 e. The van der Waals surface area contributed by atoms with Crippen LogP contribution in [0.2, 0.25) is 0 Å². The number of hydrogen-bond acceptors (Lipinski definition) is 3. The first-order valence-electron chi connectivity index (χ1n) is 4.91. The number of azo groups is 1. The Morgan fingerprint density at radius 1 is 1.00 bits per heavy atom. The SMILES string of the molecule is Oc1c(Br)cc(Br)cc1N=Nc1ccc(F)cc1. The molecule has 0 fully saturated rings. The maximum absolute atomic E-state index is 12.7. The van der Waals surface area contributed by atoms with Gasteiger partial charge in [0.2, 0.25) is 0 Å². The number of halogens is 3. The van der Waals surface area contributed by atoms with Gasteiger partial charge in [-0.1, -0.05) is 15.9 Å². The van der Waals surface area contributed by atoms with Crippen molar-refractivity contribution in [2.45, 2.75) is 0 Å². The third kappa shape index (κ3) is 3.14. The van der Waals surface area contributed by atoms with Gasteiger partial charge in [-0.05, 0) is 52.3 Å². The van der Waals surface area contributed by atoms with Gasteiger partial charge in [0.05, 0.1) is 10.2 Å². The Labute approximate surface area is 120 Å². The van der Waals surface area contributed by atoms with Crippen LogP contribution in [0.1, 0.15) is 0 Å². The first-order chi connectivity index (χ1) is 8.56. The van der Waals surface area contributed by atoms with E-state index in [1.165, 1.54) is 24.3 Å². The van der Waals surface area contributed by atoms with Gasteiger partial charge in [-0.15, -0.1) is 5.11 Å². The van der Waals surface area contributed by atoms with Crippen molar-refractivity contribution in [1.29, 1.82) is 0 Å². The molecule has 0 saturated heterocycles. The van der Waals surface area contributed by atoms with E-state index < -0.39 is 0 Å². The Morgan fingerprint density at radius 2 is 1.67 bits per heavy atom. The van der Waals surface area contributed by atoms with Crippen LogP contribution in [0.25, 0.3) is 0 Å². The van der Waals surface area contributed by atoms with Crippen LogP contribution in [-0.2, 0) is 0 Å². The quantitative estimate of drug-likeness (QED) is 0.696. The summed E-state index contributed by atoms with van der Waals surface area (Å²) in [5, 5.41) is 17.6. The molecular formula is C12H7Br2FN2O. The molecule has 1 N–H and O–H groups in total. The Bertz CT molecular complexity index is 600. The van der Waals surface area contributed by atoms with Crippen molar-refractivity contribution >= 4 is 43.2 Å². The lowest BCUT2D eigenvalue weighted by Gasteiger charge is -2.01. The summed E-state index contributed by atoms with van der Waals surface area (Å²) in [5.74, 6) is -0.328. The fraction of sp³-hybridized carbons (Fsp3) is 0. The fourth-order valence-electron chi connectivity index (χ4n) is 1.25. The molecule has 0 atom stereocenters. The molecule has 0 bridgehead atoms. The third-order valence-corrected chi connectivity index (χ3v) is 3.17. The minimum absolute atomic E-state index is 0.00376. The van der Waals surface area contributed by atoms with Crippen LogP contribution in [0, 0.1) is 5.82 Å². The van der Waals surface area contributed by atoms with Crippen molar-refractivity contribution in [3.63, 3.8) is 0 Å². The van der Waals surface area contributed by atoms with Gasteiger partial charge in [-0.2, -0.15) is 5.11 Å². The molecule has 0 unspecified atom stereocenters. The molecule has 0 spiro atoms. The summed E-state index contributed by atoms with van der Waals surface area (Å²) < 4.78 is 14.0. The molecule has 3 nitrogen and oxygen atoms in total. The highest BCUT2D eigenvalue weighted by Crippen LogP contribution is 2.38. The van der Waals surface area contributed by atoms with Crippen LogP contribution < -0.4 is 0 Å². The summed E-state index contributed by atoms with van der Waals surface area (Å²) in [6, 6.07) is 8.93. The monoisotopic (exact) mass is 372 g/mol.